The van der Waals surface area contributed by atoms with Crippen molar-refractivity contribution in [3.63, 3.8) is 0 Å². The number of piperidine rings is 1. The number of fused-ring (bicyclic) bond motifs is 1. The van der Waals surface area contributed by atoms with Gasteiger partial charge in [0.05, 0.1) is 12.4 Å². The van der Waals surface area contributed by atoms with Crippen LogP contribution in [0.1, 0.15) is 44.6 Å². The highest BCUT2D eigenvalue weighted by molar-refractivity contribution is 7.88. The Morgan fingerprint density at radius 1 is 1.23 bits per heavy atom. The van der Waals surface area contributed by atoms with Gasteiger partial charge in [-0.15, -0.1) is 0 Å². The molecule has 2 atom stereocenters. The third-order valence-corrected chi connectivity index (χ3v) is 7.54. The van der Waals surface area contributed by atoms with Crippen LogP contribution in [0.3, 0.4) is 0 Å². The fourth-order valence-corrected chi connectivity index (χ4v) is 5.47. The molecule has 9 nitrogen and oxygen atoms in total. The van der Waals surface area contributed by atoms with Crippen LogP contribution >= 0.6 is 11.6 Å². The molecule has 0 amide bonds. The van der Waals surface area contributed by atoms with Crippen LogP contribution in [0.5, 0.6) is 0 Å². The summed E-state index contributed by atoms with van der Waals surface area (Å²) >= 11 is 6.17. The molecular formula is C19H26ClN5O4S. The molecule has 0 aromatic carbocycles. The van der Waals surface area contributed by atoms with Crippen molar-refractivity contribution in [2.45, 2.75) is 56.7 Å². The SMILES string of the molecule is CS(=O)(=O)N1CCC(Nc2ncc3cc(Cl)c(=O)n([C@@H]4CCC[C@@H](O)C4)c3n2)CC1. The molecule has 2 fully saturated rings. The maximum Gasteiger partial charge on any atom is 0.271 e. The molecule has 4 rings (SSSR count). The Morgan fingerprint density at radius 3 is 2.63 bits per heavy atom. The number of hydrogen-bond donors (Lipinski definition) is 2. The Bertz CT molecular complexity index is 1100. The first-order valence-corrected chi connectivity index (χ1v) is 12.4. The monoisotopic (exact) mass is 455 g/mol. The summed E-state index contributed by atoms with van der Waals surface area (Å²) in [6.45, 7) is 0.898. The predicted octanol–water partition coefficient (Wildman–Crippen LogP) is 1.76. The Kier molecular flexibility index (Phi) is 6.02. The lowest BCUT2D eigenvalue weighted by atomic mass is 9.92. The van der Waals surface area contributed by atoms with Crippen molar-refractivity contribution in [3.8, 4) is 0 Å². The standard InChI is InChI=1S/C19H26ClN5O4S/c1-30(28,29)24-7-5-13(6-8-24)22-19-21-11-12-9-16(20)18(27)25(17(12)23-19)14-3-2-4-15(26)10-14/h9,11,13-15,26H,2-8,10H2,1H3,(H,21,22,23)/t14-,15-/m1/s1. The van der Waals surface area contributed by atoms with Crippen molar-refractivity contribution < 1.29 is 13.5 Å². The molecule has 1 aliphatic heterocycles. The molecule has 1 aliphatic carbocycles. The maximum absolute atomic E-state index is 12.8. The highest BCUT2D eigenvalue weighted by atomic mass is 35.5. The van der Waals surface area contributed by atoms with Crippen LogP contribution in [0.4, 0.5) is 5.95 Å². The first kappa shape index (κ1) is 21.5. The lowest BCUT2D eigenvalue weighted by Crippen LogP contribution is -2.42. The number of aliphatic hydroxyl groups is 1. The molecule has 11 heteroatoms. The van der Waals surface area contributed by atoms with Crippen molar-refractivity contribution >= 4 is 38.6 Å². The van der Waals surface area contributed by atoms with E-state index in [1.807, 2.05) is 0 Å². The largest absolute Gasteiger partial charge is 0.393 e. The lowest BCUT2D eigenvalue weighted by Gasteiger charge is -2.31. The Morgan fingerprint density at radius 2 is 1.97 bits per heavy atom. The molecule has 0 spiro atoms. The zero-order valence-electron chi connectivity index (χ0n) is 16.8. The maximum atomic E-state index is 12.8. The van der Waals surface area contributed by atoms with E-state index in [0.29, 0.717) is 49.3 Å². The summed E-state index contributed by atoms with van der Waals surface area (Å²) in [5.41, 5.74) is 0.184. The van der Waals surface area contributed by atoms with E-state index < -0.39 is 16.1 Å². The highest BCUT2D eigenvalue weighted by Crippen LogP contribution is 2.30. The fraction of sp³-hybridized carbons (Fsp3) is 0.632. The second-order valence-electron chi connectivity index (χ2n) is 8.19. The Hall–Kier alpha value is -1.75. The number of nitrogens with one attached hydrogen (secondary N) is 1. The van der Waals surface area contributed by atoms with E-state index in [4.69, 9.17) is 11.6 Å². The quantitative estimate of drug-likeness (QED) is 0.721. The van der Waals surface area contributed by atoms with E-state index in [1.54, 1.807) is 16.8 Å². The predicted molar refractivity (Wildman–Crippen MR) is 115 cm³/mol. The zero-order chi connectivity index (χ0) is 21.5. The second-order valence-corrected chi connectivity index (χ2v) is 10.6. The molecule has 2 aromatic rings. The summed E-state index contributed by atoms with van der Waals surface area (Å²) in [6, 6.07) is 1.45. The summed E-state index contributed by atoms with van der Waals surface area (Å²) < 4.78 is 26.4. The normalized spacial score (nSPS) is 24.2. The van der Waals surface area contributed by atoms with Gasteiger partial charge in [-0.1, -0.05) is 11.6 Å². The van der Waals surface area contributed by atoms with Gasteiger partial charge in [-0.25, -0.2) is 17.7 Å². The van der Waals surface area contributed by atoms with Crippen molar-refractivity contribution in [3.05, 3.63) is 27.6 Å². The average molecular weight is 456 g/mol. The van der Waals surface area contributed by atoms with Gasteiger partial charge in [-0.2, -0.15) is 4.98 Å². The minimum Gasteiger partial charge on any atom is -0.393 e. The van der Waals surface area contributed by atoms with Gasteiger partial charge in [0.25, 0.3) is 5.56 Å². The van der Waals surface area contributed by atoms with Crippen LogP contribution in [-0.2, 0) is 10.0 Å². The molecule has 0 unspecified atom stereocenters. The van der Waals surface area contributed by atoms with E-state index in [2.05, 4.69) is 15.3 Å². The van der Waals surface area contributed by atoms with Crippen molar-refractivity contribution in [2.75, 3.05) is 24.7 Å². The smallest absolute Gasteiger partial charge is 0.271 e. The summed E-state index contributed by atoms with van der Waals surface area (Å²) in [5, 5.41) is 14.1. The van der Waals surface area contributed by atoms with Crippen molar-refractivity contribution in [1.82, 2.24) is 18.8 Å². The lowest BCUT2D eigenvalue weighted by molar-refractivity contribution is 0.104. The van der Waals surface area contributed by atoms with E-state index in [1.165, 1.54) is 10.6 Å². The van der Waals surface area contributed by atoms with Crippen LogP contribution in [0.15, 0.2) is 17.1 Å². The number of aromatic nitrogens is 3. The zero-order valence-corrected chi connectivity index (χ0v) is 18.4. The first-order valence-electron chi connectivity index (χ1n) is 10.2. The van der Waals surface area contributed by atoms with Crippen molar-refractivity contribution in [2.24, 2.45) is 0 Å². The number of aliphatic hydroxyl groups excluding tert-OH is 1. The average Bonchev–Trinajstić information content (AvgIpc) is 2.69. The van der Waals surface area contributed by atoms with Crippen molar-refractivity contribution in [1.29, 1.82) is 0 Å². The van der Waals surface area contributed by atoms with Gasteiger partial charge in [0.15, 0.2) is 0 Å². The van der Waals surface area contributed by atoms with Gasteiger partial charge >= 0.3 is 0 Å². The summed E-state index contributed by atoms with van der Waals surface area (Å²) in [7, 11) is -3.18. The highest BCUT2D eigenvalue weighted by Gasteiger charge is 2.27. The molecule has 30 heavy (non-hydrogen) atoms. The summed E-state index contributed by atoms with van der Waals surface area (Å²) in [6.07, 6.45) is 6.56. The Balaban J connectivity index is 1.61. The molecule has 3 heterocycles. The third-order valence-electron chi connectivity index (χ3n) is 5.97. The van der Waals surface area contributed by atoms with Gasteiger partial charge in [0.2, 0.25) is 16.0 Å². The van der Waals surface area contributed by atoms with Crippen LogP contribution in [0.25, 0.3) is 11.0 Å². The van der Waals surface area contributed by atoms with Gasteiger partial charge in [-0.3, -0.25) is 9.36 Å². The molecule has 0 radical (unpaired) electrons. The first-order chi connectivity index (χ1) is 14.2. The van der Waals surface area contributed by atoms with E-state index >= 15 is 0 Å². The van der Waals surface area contributed by atoms with Crippen LogP contribution in [-0.4, -0.2) is 63.9 Å². The minimum absolute atomic E-state index is 0.0458. The summed E-state index contributed by atoms with van der Waals surface area (Å²) in [4.78, 5) is 21.8. The number of hydrogen-bond acceptors (Lipinski definition) is 7. The topological polar surface area (TPSA) is 117 Å². The number of nitrogens with zero attached hydrogens (tertiary/aromatic N) is 4. The number of sulfonamides is 1. The Labute approximate surface area is 180 Å². The summed E-state index contributed by atoms with van der Waals surface area (Å²) in [5.74, 6) is 0.395. The van der Waals surface area contributed by atoms with Gasteiger partial charge in [-0.05, 0) is 44.6 Å². The van der Waals surface area contributed by atoms with Gasteiger partial charge in [0.1, 0.15) is 10.7 Å². The molecule has 0 bridgehead atoms. The van der Waals surface area contributed by atoms with E-state index in [-0.39, 0.29) is 22.7 Å². The van der Waals surface area contributed by atoms with Crippen LogP contribution < -0.4 is 10.9 Å². The fourth-order valence-electron chi connectivity index (χ4n) is 4.38. The van der Waals surface area contributed by atoms with Crippen LogP contribution in [0, 0.1) is 0 Å². The molecule has 2 N–H and O–H groups in total. The molecular weight excluding hydrogens is 430 g/mol. The number of pyridine rings is 1. The molecule has 2 aromatic heterocycles. The number of rotatable bonds is 4. The van der Waals surface area contributed by atoms with Gasteiger partial charge < -0.3 is 10.4 Å². The second kappa shape index (κ2) is 8.41. The molecule has 1 saturated carbocycles. The van der Waals surface area contributed by atoms with E-state index in [9.17, 15) is 18.3 Å². The number of halogens is 1. The van der Waals surface area contributed by atoms with E-state index in [0.717, 1.165) is 19.3 Å². The minimum atomic E-state index is -3.18. The molecule has 2 aliphatic rings. The van der Waals surface area contributed by atoms with Gasteiger partial charge in [0, 0.05) is 36.8 Å². The number of anilines is 1. The third kappa shape index (κ3) is 4.46. The molecule has 164 valence electrons. The van der Waals surface area contributed by atoms with Crippen LogP contribution in [0.2, 0.25) is 5.02 Å². The molecule has 1 saturated heterocycles.